The molecule has 0 atom stereocenters. The van der Waals surface area contributed by atoms with Crippen molar-refractivity contribution >= 4 is 10.0 Å². The SMILES string of the molecule is COc1ccc(S(=O)(=O)NCCC2(C)OCCO2)cc1. The van der Waals surface area contributed by atoms with Gasteiger partial charge in [0.05, 0.1) is 25.2 Å². The molecule has 1 aliphatic rings. The summed E-state index contributed by atoms with van der Waals surface area (Å²) >= 11 is 0. The monoisotopic (exact) mass is 301 g/mol. The van der Waals surface area contributed by atoms with Crippen molar-refractivity contribution in [1.82, 2.24) is 4.72 Å². The molecule has 0 unspecified atom stereocenters. The Bertz CT molecular complexity index is 534. The minimum absolute atomic E-state index is 0.205. The maximum Gasteiger partial charge on any atom is 0.240 e. The van der Waals surface area contributed by atoms with Crippen LogP contribution in [0.15, 0.2) is 29.2 Å². The van der Waals surface area contributed by atoms with E-state index in [4.69, 9.17) is 14.2 Å². The van der Waals surface area contributed by atoms with Crippen molar-refractivity contribution < 1.29 is 22.6 Å². The summed E-state index contributed by atoms with van der Waals surface area (Å²) in [5.74, 6) is -0.0770. The summed E-state index contributed by atoms with van der Waals surface area (Å²) in [6.45, 7) is 3.15. The zero-order valence-corrected chi connectivity index (χ0v) is 12.4. The standard InChI is InChI=1S/C13H19NO5S/c1-13(18-9-10-19-13)7-8-14-20(15,16)12-5-3-11(17-2)4-6-12/h3-6,14H,7-10H2,1-2H3. The van der Waals surface area contributed by atoms with E-state index in [1.165, 1.54) is 19.2 Å². The van der Waals surface area contributed by atoms with Crippen molar-refractivity contribution in [3.63, 3.8) is 0 Å². The number of benzene rings is 1. The van der Waals surface area contributed by atoms with E-state index in [1.54, 1.807) is 12.1 Å². The van der Waals surface area contributed by atoms with Gasteiger partial charge in [-0.25, -0.2) is 13.1 Å². The molecule has 1 aromatic carbocycles. The van der Waals surface area contributed by atoms with Crippen molar-refractivity contribution in [2.45, 2.75) is 24.0 Å². The summed E-state index contributed by atoms with van der Waals surface area (Å²) in [6.07, 6.45) is 0.461. The molecule has 0 saturated carbocycles. The van der Waals surface area contributed by atoms with E-state index in [2.05, 4.69) is 4.72 Å². The predicted molar refractivity (Wildman–Crippen MR) is 73.1 cm³/mol. The molecule has 0 radical (unpaired) electrons. The van der Waals surface area contributed by atoms with Crippen molar-refractivity contribution in [3.05, 3.63) is 24.3 Å². The summed E-state index contributed by atoms with van der Waals surface area (Å²) < 4.78 is 42.5. The Morgan fingerprint density at radius 2 is 1.85 bits per heavy atom. The average molecular weight is 301 g/mol. The summed E-state index contributed by atoms with van der Waals surface area (Å²) in [6, 6.07) is 6.23. The van der Waals surface area contributed by atoms with Gasteiger partial charge in [-0.15, -0.1) is 0 Å². The molecule has 7 heteroatoms. The van der Waals surface area contributed by atoms with E-state index in [0.717, 1.165) is 0 Å². The highest BCUT2D eigenvalue weighted by atomic mass is 32.2. The van der Waals surface area contributed by atoms with Gasteiger partial charge in [-0.3, -0.25) is 0 Å². The largest absolute Gasteiger partial charge is 0.497 e. The van der Waals surface area contributed by atoms with Crippen LogP contribution in [0.2, 0.25) is 0 Å². The van der Waals surface area contributed by atoms with Gasteiger partial charge in [-0.05, 0) is 31.2 Å². The zero-order valence-electron chi connectivity index (χ0n) is 11.6. The fourth-order valence-corrected chi connectivity index (χ4v) is 2.98. The third-order valence-corrected chi connectivity index (χ3v) is 4.62. The van der Waals surface area contributed by atoms with Crippen LogP contribution in [0.3, 0.4) is 0 Å². The summed E-state index contributed by atoms with van der Waals surface area (Å²) in [5, 5.41) is 0. The van der Waals surface area contributed by atoms with Crippen LogP contribution in [0.1, 0.15) is 13.3 Å². The summed E-state index contributed by atoms with van der Waals surface area (Å²) in [7, 11) is -1.99. The molecule has 1 N–H and O–H groups in total. The topological polar surface area (TPSA) is 73.9 Å². The van der Waals surface area contributed by atoms with Crippen LogP contribution in [-0.2, 0) is 19.5 Å². The Hall–Kier alpha value is -1.15. The summed E-state index contributed by atoms with van der Waals surface area (Å²) in [4.78, 5) is 0.205. The highest BCUT2D eigenvalue weighted by molar-refractivity contribution is 7.89. The molecule has 2 rings (SSSR count). The number of hydrogen-bond acceptors (Lipinski definition) is 5. The van der Waals surface area contributed by atoms with Gasteiger partial charge in [0.1, 0.15) is 5.75 Å². The van der Waals surface area contributed by atoms with E-state index in [-0.39, 0.29) is 11.4 Å². The highest BCUT2D eigenvalue weighted by Crippen LogP contribution is 2.22. The fraction of sp³-hybridized carbons (Fsp3) is 0.538. The predicted octanol–water partition coefficient (Wildman–Crippen LogP) is 1.13. The first-order valence-electron chi connectivity index (χ1n) is 6.37. The zero-order chi connectivity index (χ0) is 14.6. The lowest BCUT2D eigenvalue weighted by atomic mass is 10.2. The molecule has 0 aromatic heterocycles. The molecule has 20 heavy (non-hydrogen) atoms. The van der Waals surface area contributed by atoms with Gasteiger partial charge in [-0.1, -0.05) is 0 Å². The van der Waals surface area contributed by atoms with Crippen molar-refractivity contribution in [2.24, 2.45) is 0 Å². The van der Waals surface area contributed by atoms with Gasteiger partial charge in [0, 0.05) is 13.0 Å². The van der Waals surface area contributed by atoms with E-state index < -0.39 is 15.8 Å². The third kappa shape index (κ3) is 3.69. The smallest absolute Gasteiger partial charge is 0.240 e. The maximum absolute atomic E-state index is 12.1. The van der Waals surface area contributed by atoms with Gasteiger partial charge in [0.15, 0.2) is 5.79 Å². The van der Waals surface area contributed by atoms with Crippen LogP contribution < -0.4 is 9.46 Å². The Morgan fingerprint density at radius 1 is 1.25 bits per heavy atom. The van der Waals surface area contributed by atoms with E-state index in [0.29, 0.717) is 25.4 Å². The quantitative estimate of drug-likeness (QED) is 0.852. The molecule has 1 aliphatic heterocycles. The first-order valence-corrected chi connectivity index (χ1v) is 7.85. The molecule has 1 heterocycles. The Kier molecular flexibility index (Phi) is 4.64. The number of sulfonamides is 1. The minimum atomic E-state index is -3.52. The lowest BCUT2D eigenvalue weighted by Gasteiger charge is -2.22. The normalized spacial score (nSPS) is 18.1. The minimum Gasteiger partial charge on any atom is -0.497 e. The second-order valence-electron chi connectivity index (χ2n) is 4.65. The van der Waals surface area contributed by atoms with E-state index in [9.17, 15) is 8.42 Å². The van der Waals surface area contributed by atoms with Gasteiger partial charge < -0.3 is 14.2 Å². The van der Waals surface area contributed by atoms with Gasteiger partial charge in [0.2, 0.25) is 10.0 Å². The van der Waals surface area contributed by atoms with Crippen LogP contribution in [-0.4, -0.2) is 41.1 Å². The maximum atomic E-state index is 12.1. The Labute approximate surface area is 119 Å². The Morgan fingerprint density at radius 3 is 2.40 bits per heavy atom. The van der Waals surface area contributed by atoms with Crippen molar-refractivity contribution in [1.29, 1.82) is 0 Å². The molecule has 0 spiro atoms. The lowest BCUT2D eigenvalue weighted by Crippen LogP contribution is -2.33. The number of ether oxygens (including phenoxy) is 3. The summed E-state index contributed by atoms with van der Waals surface area (Å²) in [5.41, 5.74) is 0. The molecule has 1 fully saturated rings. The lowest BCUT2D eigenvalue weighted by molar-refractivity contribution is -0.145. The molecule has 0 amide bonds. The third-order valence-electron chi connectivity index (χ3n) is 3.14. The van der Waals surface area contributed by atoms with Crippen LogP contribution in [0.25, 0.3) is 0 Å². The van der Waals surface area contributed by atoms with Crippen molar-refractivity contribution in [2.75, 3.05) is 26.9 Å². The van der Waals surface area contributed by atoms with Crippen LogP contribution in [0.4, 0.5) is 0 Å². The van der Waals surface area contributed by atoms with Crippen LogP contribution in [0.5, 0.6) is 5.75 Å². The molecule has 1 aromatic rings. The Balaban J connectivity index is 1.93. The number of nitrogens with one attached hydrogen (secondary N) is 1. The van der Waals surface area contributed by atoms with Crippen LogP contribution in [0, 0.1) is 0 Å². The van der Waals surface area contributed by atoms with E-state index in [1.807, 2.05) is 6.92 Å². The second-order valence-corrected chi connectivity index (χ2v) is 6.42. The average Bonchev–Trinajstić information content (AvgIpc) is 2.85. The fourth-order valence-electron chi connectivity index (χ4n) is 1.95. The van der Waals surface area contributed by atoms with E-state index >= 15 is 0 Å². The molecule has 6 nitrogen and oxygen atoms in total. The highest BCUT2D eigenvalue weighted by Gasteiger charge is 2.30. The first kappa shape index (κ1) is 15.2. The van der Waals surface area contributed by atoms with Gasteiger partial charge >= 0.3 is 0 Å². The second kappa shape index (κ2) is 6.09. The van der Waals surface area contributed by atoms with Crippen LogP contribution >= 0.6 is 0 Å². The molecule has 1 saturated heterocycles. The molecular formula is C13H19NO5S. The molecular weight excluding hydrogens is 282 g/mol. The van der Waals surface area contributed by atoms with Gasteiger partial charge in [0.25, 0.3) is 0 Å². The van der Waals surface area contributed by atoms with Crippen molar-refractivity contribution in [3.8, 4) is 5.75 Å². The number of methoxy groups -OCH3 is 1. The molecule has 112 valence electrons. The molecule has 0 bridgehead atoms. The van der Waals surface area contributed by atoms with Gasteiger partial charge in [-0.2, -0.15) is 0 Å². The number of rotatable bonds is 6. The molecule has 0 aliphatic carbocycles. The first-order chi connectivity index (χ1) is 9.45. The number of hydrogen-bond donors (Lipinski definition) is 1.